The number of nitrogens with zero attached hydrogens (tertiary/aromatic N) is 1. The van der Waals surface area contributed by atoms with E-state index in [2.05, 4.69) is 4.98 Å². The fraction of sp³-hybridized carbons (Fsp3) is 0.571. The number of carbonyl (C=O) groups is 1. The molecule has 1 heterocycles. The fourth-order valence-electron chi connectivity index (χ4n) is 1.48. The number of pyridine rings is 1. The van der Waals surface area contributed by atoms with Crippen molar-refractivity contribution in [3.05, 3.63) is 24.0 Å². The van der Waals surface area contributed by atoms with Crippen molar-refractivity contribution in [2.45, 2.75) is 40.5 Å². The van der Waals surface area contributed by atoms with Gasteiger partial charge in [-0.2, -0.15) is 0 Å². The van der Waals surface area contributed by atoms with Crippen LogP contribution in [0.2, 0.25) is 0 Å². The third-order valence-corrected chi connectivity index (χ3v) is 2.56. The number of hydrogen-bond acceptors (Lipinski definition) is 3. The first kappa shape index (κ1) is 13.7. The summed E-state index contributed by atoms with van der Waals surface area (Å²) in [5.41, 5.74) is 0.791. The van der Waals surface area contributed by atoms with Crippen LogP contribution in [0.1, 0.15) is 39.7 Å². The van der Waals surface area contributed by atoms with E-state index in [9.17, 15) is 4.79 Å². The van der Waals surface area contributed by atoms with Crippen LogP contribution in [0.5, 0.6) is 5.75 Å². The molecule has 17 heavy (non-hydrogen) atoms. The molecular weight excluding hydrogens is 214 g/mol. The molecule has 0 aromatic carbocycles. The summed E-state index contributed by atoms with van der Waals surface area (Å²) in [7, 11) is 0. The van der Waals surface area contributed by atoms with Crippen molar-refractivity contribution in [2.75, 3.05) is 6.61 Å². The summed E-state index contributed by atoms with van der Waals surface area (Å²) in [6.45, 7) is 8.42. The van der Waals surface area contributed by atoms with Crippen LogP contribution in [-0.4, -0.2) is 17.4 Å². The van der Waals surface area contributed by atoms with Gasteiger partial charge in [0, 0.05) is 18.0 Å². The zero-order valence-electron chi connectivity index (χ0n) is 11.1. The number of hydrogen-bond donors (Lipinski definition) is 0. The summed E-state index contributed by atoms with van der Waals surface area (Å²) in [5.74, 6) is 1.05. The first-order valence-electron chi connectivity index (χ1n) is 6.03. The Balaban J connectivity index is 2.57. The molecule has 0 fully saturated rings. The minimum atomic E-state index is -0.259. The highest BCUT2D eigenvalue weighted by atomic mass is 16.5. The van der Waals surface area contributed by atoms with Gasteiger partial charge in [0.15, 0.2) is 0 Å². The maximum Gasteiger partial charge on any atom is 0.138 e. The van der Waals surface area contributed by atoms with Crippen LogP contribution >= 0.6 is 0 Å². The molecule has 0 bridgehead atoms. The second-order valence-corrected chi connectivity index (χ2v) is 5.14. The highest BCUT2D eigenvalue weighted by molar-refractivity contribution is 5.83. The third-order valence-electron chi connectivity index (χ3n) is 2.56. The van der Waals surface area contributed by atoms with E-state index >= 15 is 0 Å². The number of Topliss-reactive ketones (excluding diaryl/α,β-unsaturated/α-hetero) is 1. The number of ether oxygens (including phenoxy) is 1. The topological polar surface area (TPSA) is 39.2 Å². The molecule has 3 heteroatoms. The lowest BCUT2D eigenvalue weighted by molar-refractivity contribution is -0.126. The predicted octanol–water partition coefficient (Wildman–Crippen LogP) is 3.03. The zero-order valence-corrected chi connectivity index (χ0v) is 11.1. The Labute approximate surface area is 103 Å². The predicted molar refractivity (Wildman–Crippen MR) is 68.2 cm³/mol. The molecule has 1 rings (SSSR count). The molecule has 0 saturated carbocycles. The molecule has 1 aromatic heterocycles. The molecule has 1 aromatic rings. The SMILES string of the molecule is CCOc1cncc(CCC(=O)C(C)(C)C)c1. The minimum Gasteiger partial charge on any atom is -0.492 e. The second kappa shape index (κ2) is 5.80. The first-order chi connectivity index (χ1) is 7.93. The molecule has 0 N–H and O–H groups in total. The van der Waals surface area contributed by atoms with Crippen LogP contribution in [0.15, 0.2) is 18.5 Å². The molecule has 0 aliphatic rings. The van der Waals surface area contributed by atoms with Gasteiger partial charge in [0.2, 0.25) is 0 Å². The van der Waals surface area contributed by atoms with Gasteiger partial charge in [-0.05, 0) is 25.0 Å². The van der Waals surface area contributed by atoms with Crippen molar-refractivity contribution < 1.29 is 9.53 Å². The number of carbonyl (C=O) groups excluding carboxylic acids is 1. The van der Waals surface area contributed by atoms with Crippen molar-refractivity contribution in [2.24, 2.45) is 5.41 Å². The second-order valence-electron chi connectivity index (χ2n) is 5.14. The van der Waals surface area contributed by atoms with E-state index in [1.165, 1.54) is 0 Å². The van der Waals surface area contributed by atoms with Crippen LogP contribution in [0.3, 0.4) is 0 Å². The summed E-state index contributed by atoms with van der Waals surface area (Å²) < 4.78 is 5.37. The van der Waals surface area contributed by atoms with Gasteiger partial charge in [0.25, 0.3) is 0 Å². The Morgan fingerprint density at radius 3 is 2.65 bits per heavy atom. The standard InChI is InChI=1S/C14H21NO2/c1-5-17-12-8-11(9-15-10-12)6-7-13(16)14(2,3)4/h8-10H,5-7H2,1-4H3. The molecule has 0 amide bonds. The molecule has 0 aliphatic carbocycles. The van der Waals surface area contributed by atoms with E-state index in [-0.39, 0.29) is 11.2 Å². The van der Waals surface area contributed by atoms with Crippen molar-refractivity contribution in [1.82, 2.24) is 4.98 Å². The molecule has 0 atom stereocenters. The minimum absolute atomic E-state index is 0.259. The monoisotopic (exact) mass is 235 g/mol. The Morgan fingerprint density at radius 1 is 1.35 bits per heavy atom. The average molecular weight is 235 g/mol. The number of aromatic nitrogens is 1. The number of aryl methyl sites for hydroxylation is 1. The molecule has 3 nitrogen and oxygen atoms in total. The average Bonchev–Trinajstić information content (AvgIpc) is 2.25. The van der Waals surface area contributed by atoms with E-state index in [1.807, 2.05) is 33.8 Å². The number of rotatable bonds is 5. The van der Waals surface area contributed by atoms with E-state index in [1.54, 1.807) is 12.4 Å². The van der Waals surface area contributed by atoms with E-state index in [0.717, 1.165) is 17.7 Å². The highest BCUT2D eigenvalue weighted by Gasteiger charge is 2.20. The van der Waals surface area contributed by atoms with E-state index in [0.29, 0.717) is 13.0 Å². The summed E-state index contributed by atoms with van der Waals surface area (Å²) in [5, 5.41) is 0. The Kier molecular flexibility index (Phi) is 4.67. The fourth-order valence-corrected chi connectivity index (χ4v) is 1.48. The van der Waals surface area contributed by atoms with Gasteiger partial charge in [0.1, 0.15) is 11.5 Å². The molecule has 0 aliphatic heterocycles. The van der Waals surface area contributed by atoms with Gasteiger partial charge in [-0.1, -0.05) is 20.8 Å². The van der Waals surface area contributed by atoms with Crippen LogP contribution < -0.4 is 4.74 Å². The van der Waals surface area contributed by atoms with Gasteiger partial charge < -0.3 is 4.74 Å². The summed E-state index contributed by atoms with van der Waals surface area (Å²) in [6.07, 6.45) is 4.77. The summed E-state index contributed by atoms with van der Waals surface area (Å²) in [6, 6.07) is 1.95. The third kappa shape index (κ3) is 4.55. The van der Waals surface area contributed by atoms with Crippen molar-refractivity contribution in [1.29, 1.82) is 0 Å². The Morgan fingerprint density at radius 2 is 2.06 bits per heavy atom. The lowest BCUT2D eigenvalue weighted by atomic mass is 9.87. The normalized spacial score (nSPS) is 11.3. The molecular formula is C14H21NO2. The molecule has 94 valence electrons. The van der Waals surface area contributed by atoms with Crippen molar-refractivity contribution >= 4 is 5.78 Å². The smallest absolute Gasteiger partial charge is 0.138 e. The van der Waals surface area contributed by atoms with E-state index in [4.69, 9.17) is 4.74 Å². The van der Waals surface area contributed by atoms with Gasteiger partial charge in [-0.3, -0.25) is 9.78 Å². The quantitative estimate of drug-likeness (QED) is 0.787. The largest absolute Gasteiger partial charge is 0.492 e. The first-order valence-corrected chi connectivity index (χ1v) is 6.03. The van der Waals surface area contributed by atoms with Crippen LogP contribution in [0, 0.1) is 5.41 Å². The summed E-state index contributed by atoms with van der Waals surface area (Å²) in [4.78, 5) is 15.9. The zero-order chi connectivity index (χ0) is 12.9. The van der Waals surface area contributed by atoms with Gasteiger partial charge in [-0.25, -0.2) is 0 Å². The maximum absolute atomic E-state index is 11.8. The Hall–Kier alpha value is -1.38. The Bertz CT molecular complexity index is 380. The van der Waals surface area contributed by atoms with Crippen LogP contribution in [0.4, 0.5) is 0 Å². The van der Waals surface area contributed by atoms with Gasteiger partial charge in [0.05, 0.1) is 12.8 Å². The molecule has 0 spiro atoms. The maximum atomic E-state index is 11.8. The van der Waals surface area contributed by atoms with Gasteiger partial charge >= 0.3 is 0 Å². The van der Waals surface area contributed by atoms with E-state index < -0.39 is 0 Å². The van der Waals surface area contributed by atoms with Crippen molar-refractivity contribution in [3.8, 4) is 5.75 Å². The lowest BCUT2D eigenvalue weighted by Gasteiger charge is -2.16. The lowest BCUT2D eigenvalue weighted by Crippen LogP contribution is -2.20. The van der Waals surface area contributed by atoms with Gasteiger partial charge in [-0.15, -0.1) is 0 Å². The van der Waals surface area contributed by atoms with Crippen LogP contribution in [-0.2, 0) is 11.2 Å². The molecule has 0 saturated heterocycles. The molecule has 0 unspecified atom stereocenters. The van der Waals surface area contributed by atoms with Crippen LogP contribution in [0.25, 0.3) is 0 Å². The molecule has 0 radical (unpaired) electrons. The number of ketones is 1. The van der Waals surface area contributed by atoms with Crippen molar-refractivity contribution in [3.63, 3.8) is 0 Å². The highest BCUT2D eigenvalue weighted by Crippen LogP contribution is 2.19. The summed E-state index contributed by atoms with van der Waals surface area (Å²) >= 11 is 0.